The Labute approximate surface area is 87.8 Å². The van der Waals surface area contributed by atoms with Gasteiger partial charge in [-0.1, -0.05) is 24.3 Å². The van der Waals surface area contributed by atoms with Crippen molar-refractivity contribution in [1.29, 1.82) is 0 Å². The molecule has 1 aliphatic rings. The molecule has 0 unspecified atom stereocenters. The van der Waals surface area contributed by atoms with Gasteiger partial charge in [0.2, 0.25) is 0 Å². The Morgan fingerprint density at radius 2 is 2.27 bits per heavy atom. The van der Waals surface area contributed by atoms with Crippen molar-refractivity contribution in [3.05, 3.63) is 41.0 Å². The SMILES string of the molecule is O=CCC=Cc1cccc2c1CNC2=O. The molecule has 1 amide bonds. The predicted molar refractivity (Wildman–Crippen MR) is 57.3 cm³/mol. The van der Waals surface area contributed by atoms with Crippen molar-refractivity contribution < 1.29 is 9.59 Å². The number of allylic oxidation sites excluding steroid dienone is 1. The summed E-state index contributed by atoms with van der Waals surface area (Å²) >= 11 is 0. The Morgan fingerprint density at radius 1 is 1.40 bits per heavy atom. The van der Waals surface area contributed by atoms with Gasteiger partial charge in [0.1, 0.15) is 6.29 Å². The van der Waals surface area contributed by atoms with E-state index in [9.17, 15) is 9.59 Å². The molecule has 0 aliphatic carbocycles. The number of benzene rings is 1. The maximum Gasteiger partial charge on any atom is 0.251 e. The summed E-state index contributed by atoms with van der Waals surface area (Å²) in [5.41, 5.74) is 2.76. The molecule has 0 atom stereocenters. The number of nitrogens with one attached hydrogen (secondary N) is 1. The van der Waals surface area contributed by atoms with Gasteiger partial charge in [-0.2, -0.15) is 0 Å². The zero-order chi connectivity index (χ0) is 10.7. The highest BCUT2D eigenvalue weighted by atomic mass is 16.1. The Balaban J connectivity index is 2.34. The summed E-state index contributed by atoms with van der Waals surface area (Å²) in [6.45, 7) is 0.579. The van der Waals surface area contributed by atoms with Crippen molar-refractivity contribution in [1.82, 2.24) is 5.32 Å². The molecule has 1 aromatic carbocycles. The molecule has 0 saturated heterocycles. The first kappa shape index (κ1) is 9.65. The Bertz CT molecular complexity index is 435. The molecule has 0 spiro atoms. The average molecular weight is 201 g/mol. The second kappa shape index (κ2) is 4.09. The number of hydrogen-bond acceptors (Lipinski definition) is 2. The molecule has 1 N–H and O–H groups in total. The van der Waals surface area contributed by atoms with E-state index >= 15 is 0 Å². The third-order valence-electron chi connectivity index (χ3n) is 2.41. The third-order valence-corrected chi connectivity index (χ3v) is 2.41. The molecule has 3 nitrogen and oxygen atoms in total. The summed E-state index contributed by atoms with van der Waals surface area (Å²) in [7, 11) is 0. The van der Waals surface area contributed by atoms with Crippen LogP contribution in [0, 0.1) is 0 Å². The highest BCUT2D eigenvalue weighted by molar-refractivity contribution is 5.99. The molecule has 0 bridgehead atoms. The molecule has 0 aromatic heterocycles. The summed E-state index contributed by atoms with van der Waals surface area (Å²) in [4.78, 5) is 21.5. The zero-order valence-electron chi connectivity index (χ0n) is 8.19. The molecular weight excluding hydrogens is 190 g/mol. The first-order valence-electron chi connectivity index (χ1n) is 4.83. The van der Waals surface area contributed by atoms with E-state index < -0.39 is 0 Å². The molecular formula is C12H11NO2. The first-order valence-corrected chi connectivity index (χ1v) is 4.83. The molecule has 0 fully saturated rings. The number of carbonyl (C=O) groups excluding carboxylic acids is 2. The average Bonchev–Trinajstić information content (AvgIpc) is 2.62. The van der Waals surface area contributed by atoms with Gasteiger partial charge in [0.25, 0.3) is 5.91 Å². The van der Waals surface area contributed by atoms with Gasteiger partial charge in [0, 0.05) is 18.5 Å². The van der Waals surface area contributed by atoms with E-state index in [1.165, 1.54) is 0 Å². The fraction of sp³-hybridized carbons (Fsp3) is 0.167. The van der Waals surface area contributed by atoms with Crippen LogP contribution in [0.3, 0.4) is 0 Å². The van der Waals surface area contributed by atoms with Crippen LogP contribution in [-0.2, 0) is 11.3 Å². The lowest BCUT2D eigenvalue weighted by Gasteiger charge is -2.00. The highest BCUT2D eigenvalue weighted by Crippen LogP contribution is 2.20. The standard InChI is InChI=1S/C12H11NO2/c14-7-2-1-4-9-5-3-6-10-11(9)8-13-12(10)15/h1,3-7H,2,8H2,(H,13,15). The molecule has 3 heteroatoms. The van der Waals surface area contributed by atoms with E-state index in [1.54, 1.807) is 6.08 Å². The van der Waals surface area contributed by atoms with Gasteiger partial charge in [-0.05, 0) is 17.2 Å². The van der Waals surface area contributed by atoms with Gasteiger partial charge in [-0.25, -0.2) is 0 Å². The molecule has 1 aliphatic heterocycles. The summed E-state index contributed by atoms with van der Waals surface area (Å²) < 4.78 is 0. The Morgan fingerprint density at radius 3 is 3.07 bits per heavy atom. The van der Waals surface area contributed by atoms with Crippen molar-refractivity contribution in [2.45, 2.75) is 13.0 Å². The molecule has 1 heterocycles. The number of rotatable bonds is 3. The fourth-order valence-electron chi connectivity index (χ4n) is 1.69. The monoisotopic (exact) mass is 201 g/mol. The van der Waals surface area contributed by atoms with E-state index in [0.717, 1.165) is 23.0 Å². The fourth-order valence-corrected chi connectivity index (χ4v) is 1.69. The van der Waals surface area contributed by atoms with Crippen LogP contribution in [0.15, 0.2) is 24.3 Å². The van der Waals surface area contributed by atoms with Crippen LogP contribution in [0.25, 0.3) is 6.08 Å². The second-order valence-electron chi connectivity index (χ2n) is 3.36. The molecule has 76 valence electrons. The predicted octanol–water partition coefficient (Wildman–Crippen LogP) is 1.53. The number of carbonyl (C=O) groups is 2. The zero-order valence-corrected chi connectivity index (χ0v) is 8.19. The molecule has 2 rings (SSSR count). The lowest BCUT2D eigenvalue weighted by atomic mass is 10.0. The van der Waals surface area contributed by atoms with Gasteiger partial charge in [-0.3, -0.25) is 4.79 Å². The van der Waals surface area contributed by atoms with E-state index in [-0.39, 0.29) is 5.91 Å². The minimum Gasteiger partial charge on any atom is -0.348 e. The normalized spacial score (nSPS) is 14.0. The summed E-state index contributed by atoms with van der Waals surface area (Å²) in [6.07, 6.45) is 4.94. The van der Waals surface area contributed by atoms with Crippen LogP contribution in [0.2, 0.25) is 0 Å². The molecule has 1 aromatic rings. The summed E-state index contributed by atoms with van der Waals surface area (Å²) in [5.74, 6) is -0.0179. The van der Waals surface area contributed by atoms with E-state index in [2.05, 4.69) is 5.32 Å². The van der Waals surface area contributed by atoms with Gasteiger partial charge in [-0.15, -0.1) is 0 Å². The second-order valence-corrected chi connectivity index (χ2v) is 3.36. The van der Waals surface area contributed by atoms with Crippen LogP contribution in [0.1, 0.15) is 27.9 Å². The van der Waals surface area contributed by atoms with Crippen molar-refractivity contribution in [2.24, 2.45) is 0 Å². The van der Waals surface area contributed by atoms with Gasteiger partial charge in [0.15, 0.2) is 0 Å². The van der Waals surface area contributed by atoms with E-state index in [1.807, 2.05) is 24.3 Å². The molecule has 15 heavy (non-hydrogen) atoms. The smallest absolute Gasteiger partial charge is 0.251 e. The number of hydrogen-bond donors (Lipinski definition) is 1. The highest BCUT2D eigenvalue weighted by Gasteiger charge is 2.19. The minimum absolute atomic E-state index is 0.0179. The summed E-state index contributed by atoms with van der Waals surface area (Å²) in [5, 5.41) is 2.77. The third kappa shape index (κ3) is 1.81. The molecule has 0 radical (unpaired) electrons. The number of amides is 1. The molecule has 0 saturated carbocycles. The lowest BCUT2D eigenvalue weighted by Crippen LogP contribution is -2.12. The summed E-state index contributed by atoms with van der Waals surface area (Å²) in [6, 6.07) is 5.61. The van der Waals surface area contributed by atoms with Gasteiger partial charge < -0.3 is 10.1 Å². The van der Waals surface area contributed by atoms with Crippen molar-refractivity contribution in [3.8, 4) is 0 Å². The van der Waals surface area contributed by atoms with Gasteiger partial charge in [0.05, 0.1) is 0 Å². The van der Waals surface area contributed by atoms with E-state index in [4.69, 9.17) is 0 Å². The van der Waals surface area contributed by atoms with E-state index in [0.29, 0.717) is 13.0 Å². The minimum atomic E-state index is -0.0179. The largest absolute Gasteiger partial charge is 0.348 e. The maximum absolute atomic E-state index is 11.4. The van der Waals surface area contributed by atoms with Gasteiger partial charge >= 0.3 is 0 Å². The quantitative estimate of drug-likeness (QED) is 0.754. The van der Waals surface area contributed by atoms with Crippen LogP contribution in [0.4, 0.5) is 0 Å². The Kier molecular flexibility index (Phi) is 2.63. The van der Waals surface area contributed by atoms with Crippen LogP contribution >= 0.6 is 0 Å². The Hall–Kier alpha value is -1.90. The van der Waals surface area contributed by atoms with Crippen molar-refractivity contribution in [3.63, 3.8) is 0 Å². The maximum atomic E-state index is 11.4. The topological polar surface area (TPSA) is 46.2 Å². The lowest BCUT2D eigenvalue weighted by molar-refractivity contribution is -0.107. The van der Waals surface area contributed by atoms with Crippen molar-refractivity contribution >= 4 is 18.3 Å². The first-order chi connectivity index (χ1) is 7.33. The van der Waals surface area contributed by atoms with Crippen LogP contribution in [0.5, 0.6) is 0 Å². The number of fused-ring (bicyclic) bond motifs is 1. The number of aldehydes is 1. The van der Waals surface area contributed by atoms with Crippen molar-refractivity contribution in [2.75, 3.05) is 0 Å². The van der Waals surface area contributed by atoms with Crippen LogP contribution < -0.4 is 5.32 Å². The van der Waals surface area contributed by atoms with Crippen LogP contribution in [-0.4, -0.2) is 12.2 Å².